The van der Waals surface area contributed by atoms with Gasteiger partial charge in [0.05, 0.1) is 19.0 Å². The lowest BCUT2D eigenvalue weighted by Crippen LogP contribution is -2.36. The maximum atomic E-state index is 11.8. The first-order chi connectivity index (χ1) is 8.52. The van der Waals surface area contributed by atoms with Gasteiger partial charge in [-0.05, 0) is 32.2 Å². The molecule has 18 heavy (non-hydrogen) atoms. The third kappa shape index (κ3) is 4.44. The van der Waals surface area contributed by atoms with Gasteiger partial charge in [0, 0.05) is 17.4 Å². The van der Waals surface area contributed by atoms with E-state index in [-0.39, 0.29) is 18.5 Å². The Morgan fingerprint density at radius 3 is 2.94 bits per heavy atom. The Morgan fingerprint density at radius 1 is 1.61 bits per heavy atom. The van der Waals surface area contributed by atoms with Crippen molar-refractivity contribution in [3.8, 4) is 6.07 Å². The Kier molecular flexibility index (Phi) is 5.15. The Labute approximate surface area is 107 Å². The van der Waals surface area contributed by atoms with Gasteiger partial charge in [-0.15, -0.1) is 0 Å². The fourth-order valence-corrected chi connectivity index (χ4v) is 1.49. The van der Waals surface area contributed by atoms with E-state index in [9.17, 15) is 4.79 Å². The minimum atomic E-state index is -0.118. The van der Waals surface area contributed by atoms with E-state index in [1.54, 1.807) is 24.3 Å². The second-order valence-corrected chi connectivity index (χ2v) is 4.30. The van der Waals surface area contributed by atoms with Crippen molar-refractivity contribution in [1.82, 2.24) is 4.90 Å². The number of nitrogens with two attached hydrogens (primary N) is 1. The van der Waals surface area contributed by atoms with Crippen molar-refractivity contribution in [2.45, 2.75) is 19.4 Å². The van der Waals surface area contributed by atoms with E-state index >= 15 is 0 Å². The standard InChI is InChI=1S/C13H18N4O/c1-10(6-7-14)17(2)9-13(18)16-12-5-3-4-11(15)8-12/h3-5,8,10H,6,9,15H2,1-2H3,(H,16,18). The first-order valence-corrected chi connectivity index (χ1v) is 5.75. The SMILES string of the molecule is CC(CC#N)N(C)CC(=O)Nc1cccc(N)c1. The zero-order valence-corrected chi connectivity index (χ0v) is 10.7. The molecule has 0 radical (unpaired) electrons. The summed E-state index contributed by atoms with van der Waals surface area (Å²) in [6.45, 7) is 2.16. The minimum Gasteiger partial charge on any atom is -0.399 e. The number of nitrogen functional groups attached to an aromatic ring is 1. The molecule has 3 N–H and O–H groups in total. The van der Waals surface area contributed by atoms with Crippen LogP contribution < -0.4 is 11.1 Å². The molecule has 1 aromatic carbocycles. The van der Waals surface area contributed by atoms with Gasteiger partial charge in [0.1, 0.15) is 0 Å². The van der Waals surface area contributed by atoms with Gasteiger partial charge in [0.15, 0.2) is 0 Å². The maximum absolute atomic E-state index is 11.8. The second kappa shape index (κ2) is 6.62. The van der Waals surface area contributed by atoms with Gasteiger partial charge >= 0.3 is 0 Å². The second-order valence-electron chi connectivity index (χ2n) is 4.30. The molecule has 96 valence electrons. The molecule has 0 heterocycles. The summed E-state index contributed by atoms with van der Waals surface area (Å²) in [6.07, 6.45) is 0.405. The van der Waals surface area contributed by atoms with Crippen molar-refractivity contribution in [2.24, 2.45) is 0 Å². The molecule has 1 atom stereocenters. The predicted molar refractivity (Wildman–Crippen MR) is 71.8 cm³/mol. The fraction of sp³-hybridized carbons (Fsp3) is 0.385. The van der Waals surface area contributed by atoms with Gasteiger partial charge in [0.2, 0.25) is 5.91 Å². The molecule has 1 aromatic rings. The molecule has 5 nitrogen and oxygen atoms in total. The summed E-state index contributed by atoms with van der Waals surface area (Å²) in [6, 6.07) is 9.18. The molecule has 0 saturated carbocycles. The minimum absolute atomic E-state index is 0.0570. The number of hydrogen-bond acceptors (Lipinski definition) is 4. The number of likely N-dealkylation sites (N-methyl/N-ethyl adjacent to an activating group) is 1. The van der Waals surface area contributed by atoms with E-state index < -0.39 is 0 Å². The first kappa shape index (κ1) is 14.0. The molecule has 5 heteroatoms. The van der Waals surface area contributed by atoms with E-state index in [2.05, 4.69) is 11.4 Å². The average Bonchev–Trinajstić information content (AvgIpc) is 2.28. The van der Waals surface area contributed by atoms with E-state index in [4.69, 9.17) is 11.0 Å². The first-order valence-electron chi connectivity index (χ1n) is 5.75. The van der Waals surface area contributed by atoms with Crippen molar-refractivity contribution in [2.75, 3.05) is 24.6 Å². The predicted octanol–water partition coefficient (Wildman–Crippen LogP) is 1.44. The maximum Gasteiger partial charge on any atom is 0.238 e. The Hall–Kier alpha value is -2.06. The number of rotatable bonds is 5. The Morgan fingerprint density at radius 2 is 2.33 bits per heavy atom. The van der Waals surface area contributed by atoms with Crippen LogP contribution in [-0.4, -0.2) is 30.4 Å². The molecule has 0 saturated heterocycles. The van der Waals surface area contributed by atoms with Crippen LogP contribution in [0, 0.1) is 11.3 Å². The Balaban J connectivity index is 2.49. The number of amides is 1. The number of nitriles is 1. The quantitative estimate of drug-likeness (QED) is 0.770. The molecule has 1 rings (SSSR count). The van der Waals surface area contributed by atoms with Crippen LogP contribution in [0.25, 0.3) is 0 Å². The zero-order valence-electron chi connectivity index (χ0n) is 10.7. The largest absolute Gasteiger partial charge is 0.399 e. The number of carbonyl (C=O) groups excluding carboxylic acids is 1. The van der Waals surface area contributed by atoms with Crippen molar-refractivity contribution in [1.29, 1.82) is 5.26 Å². The molecule has 0 fully saturated rings. The van der Waals surface area contributed by atoms with Gasteiger partial charge < -0.3 is 11.1 Å². The molecule has 0 spiro atoms. The molecular formula is C13H18N4O. The summed E-state index contributed by atoms with van der Waals surface area (Å²) in [7, 11) is 1.82. The summed E-state index contributed by atoms with van der Waals surface area (Å²) in [5.41, 5.74) is 6.92. The highest BCUT2D eigenvalue weighted by molar-refractivity contribution is 5.92. The van der Waals surface area contributed by atoms with Crippen molar-refractivity contribution in [3.63, 3.8) is 0 Å². The van der Waals surface area contributed by atoms with Crippen LogP contribution >= 0.6 is 0 Å². The van der Waals surface area contributed by atoms with Crippen LogP contribution in [0.5, 0.6) is 0 Å². The summed E-state index contributed by atoms with van der Waals surface area (Å²) in [5.74, 6) is -0.118. The smallest absolute Gasteiger partial charge is 0.238 e. The lowest BCUT2D eigenvalue weighted by atomic mass is 10.2. The van der Waals surface area contributed by atoms with Crippen LogP contribution in [0.2, 0.25) is 0 Å². The highest BCUT2D eigenvalue weighted by Crippen LogP contribution is 2.11. The molecular weight excluding hydrogens is 228 g/mol. The van der Waals surface area contributed by atoms with Gasteiger partial charge in [-0.25, -0.2) is 0 Å². The van der Waals surface area contributed by atoms with E-state index in [1.807, 2.05) is 18.9 Å². The number of anilines is 2. The lowest BCUT2D eigenvalue weighted by Gasteiger charge is -2.21. The summed E-state index contributed by atoms with van der Waals surface area (Å²) in [5, 5.41) is 11.4. The average molecular weight is 246 g/mol. The normalized spacial score (nSPS) is 11.9. The number of carbonyl (C=O) groups is 1. The van der Waals surface area contributed by atoms with Crippen molar-refractivity contribution >= 4 is 17.3 Å². The van der Waals surface area contributed by atoms with Gasteiger partial charge in [-0.1, -0.05) is 6.07 Å². The number of nitrogens with zero attached hydrogens (tertiary/aromatic N) is 2. The summed E-state index contributed by atoms with van der Waals surface area (Å²) >= 11 is 0. The molecule has 0 aliphatic rings. The van der Waals surface area contributed by atoms with E-state index in [0.29, 0.717) is 17.8 Å². The number of nitrogens with one attached hydrogen (secondary N) is 1. The van der Waals surface area contributed by atoms with Crippen LogP contribution in [0.4, 0.5) is 11.4 Å². The molecule has 1 unspecified atom stereocenters. The topological polar surface area (TPSA) is 82.2 Å². The number of hydrogen-bond donors (Lipinski definition) is 2. The summed E-state index contributed by atoms with van der Waals surface area (Å²) < 4.78 is 0. The molecule has 0 bridgehead atoms. The van der Waals surface area contributed by atoms with Gasteiger partial charge in [-0.2, -0.15) is 5.26 Å². The van der Waals surface area contributed by atoms with Crippen molar-refractivity contribution in [3.05, 3.63) is 24.3 Å². The molecule has 0 aliphatic carbocycles. The fourth-order valence-electron chi connectivity index (χ4n) is 1.49. The van der Waals surface area contributed by atoms with Crippen LogP contribution in [0.15, 0.2) is 24.3 Å². The third-order valence-electron chi connectivity index (χ3n) is 2.70. The summed E-state index contributed by atoms with van der Waals surface area (Å²) in [4.78, 5) is 13.6. The van der Waals surface area contributed by atoms with Crippen LogP contribution in [0.3, 0.4) is 0 Å². The van der Waals surface area contributed by atoms with Crippen molar-refractivity contribution < 1.29 is 4.79 Å². The molecule has 0 aliphatic heterocycles. The van der Waals surface area contributed by atoms with Crippen LogP contribution in [0.1, 0.15) is 13.3 Å². The molecule has 1 amide bonds. The lowest BCUT2D eigenvalue weighted by molar-refractivity contribution is -0.117. The van der Waals surface area contributed by atoms with Gasteiger partial charge in [-0.3, -0.25) is 9.69 Å². The van der Waals surface area contributed by atoms with Crippen LogP contribution in [-0.2, 0) is 4.79 Å². The monoisotopic (exact) mass is 246 g/mol. The van der Waals surface area contributed by atoms with Gasteiger partial charge in [0.25, 0.3) is 0 Å². The molecule has 0 aromatic heterocycles. The van der Waals surface area contributed by atoms with E-state index in [0.717, 1.165) is 0 Å². The Bertz CT molecular complexity index is 453. The van der Waals surface area contributed by atoms with E-state index in [1.165, 1.54) is 0 Å². The highest BCUT2D eigenvalue weighted by atomic mass is 16.2. The zero-order chi connectivity index (χ0) is 13.5. The third-order valence-corrected chi connectivity index (χ3v) is 2.70. The highest BCUT2D eigenvalue weighted by Gasteiger charge is 2.12. The number of benzene rings is 1.